The van der Waals surface area contributed by atoms with Crippen molar-refractivity contribution in [3.05, 3.63) is 17.5 Å². The Hall–Kier alpha value is -1.40. The van der Waals surface area contributed by atoms with Crippen molar-refractivity contribution in [3.63, 3.8) is 0 Å². The molecule has 0 aliphatic heterocycles. The summed E-state index contributed by atoms with van der Waals surface area (Å²) in [6, 6.07) is 1.54. The van der Waals surface area contributed by atoms with E-state index < -0.39 is 5.60 Å². The van der Waals surface area contributed by atoms with Gasteiger partial charge in [-0.05, 0) is 12.8 Å². The Morgan fingerprint density at radius 3 is 3.00 bits per heavy atom. The van der Waals surface area contributed by atoms with E-state index in [4.69, 9.17) is 9.26 Å². The lowest BCUT2D eigenvalue weighted by Gasteiger charge is -2.21. The van der Waals surface area contributed by atoms with Gasteiger partial charge in [0.2, 0.25) is 0 Å². The summed E-state index contributed by atoms with van der Waals surface area (Å²) in [6.45, 7) is 0.544. The quantitative estimate of drug-likeness (QED) is 0.814. The van der Waals surface area contributed by atoms with Crippen LogP contribution in [0.3, 0.4) is 0 Å². The molecule has 1 amide bonds. The van der Waals surface area contributed by atoms with Gasteiger partial charge in [-0.15, -0.1) is 0 Å². The predicted molar refractivity (Wildman–Crippen MR) is 63.0 cm³/mol. The van der Waals surface area contributed by atoms with Gasteiger partial charge in [-0.3, -0.25) is 4.79 Å². The summed E-state index contributed by atoms with van der Waals surface area (Å²) in [5.74, 6) is 0.170. The van der Waals surface area contributed by atoms with E-state index >= 15 is 0 Å². The molecular formula is C12H18N2O4. The van der Waals surface area contributed by atoms with Gasteiger partial charge in [0.05, 0.1) is 5.60 Å². The number of methoxy groups -OCH3 is 1. The number of nitrogens with zero attached hydrogens (tertiary/aromatic N) is 1. The number of nitrogens with one attached hydrogen (secondary N) is 1. The Morgan fingerprint density at radius 2 is 2.33 bits per heavy atom. The third kappa shape index (κ3) is 3.08. The maximum absolute atomic E-state index is 11.8. The molecule has 6 heteroatoms. The van der Waals surface area contributed by atoms with Crippen molar-refractivity contribution in [2.75, 3.05) is 13.7 Å². The highest BCUT2D eigenvalue weighted by molar-refractivity contribution is 5.92. The zero-order valence-corrected chi connectivity index (χ0v) is 10.4. The molecule has 0 aromatic carbocycles. The summed E-state index contributed by atoms with van der Waals surface area (Å²) in [4.78, 5) is 11.8. The number of rotatable bonds is 5. The second kappa shape index (κ2) is 5.49. The first-order valence-corrected chi connectivity index (χ1v) is 6.08. The van der Waals surface area contributed by atoms with Crippen LogP contribution >= 0.6 is 0 Å². The molecular weight excluding hydrogens is 236 g/mol. The zero-order chi connectivity index (χ0) is 13.0. The number of amides is 1. The maximum Gasteiger partial charge on any atom is 0.273 e. The largest absolute Gasteiger partial charge is 0.388 e. The summed E-state index contributed by atoms with van der Waals surface area (Å²) >= 11 is 0. The fourth-order valence-corrected chi connectivity index (χ4v) is 2.18. The lowest BCUT2D eigenvalue weighted by atomic mass is 10.0. The number of aromatic nitrogens is 1. The molecule has 2 N–H and O–H groups in total. The normalized spacial score (nSPS) is 17.9. The van der Waals surface area contributed by atoms with Crippen molar-refractivity contribution in [1.29, 1.82) is 0 Å². The van der Waals surface area contributed by atoms with Gasteiger partial charge < -0.3 is 19.7 Å². The van der Waals surface area contributed by atoms with Crippen LogP contribution in [-0.2, 0) is 11.3 Å². The highest BCUT2D eigenvalue weighted by Crippen LogP contribution is 2.28. The number of ether oxygens (including phenoxy) is 1. The molecule has 0 radical (unpaired) electrons. The van der Waals surface area contributed by atoms with Gasteiger partial charge >= 0.3 is 0 Å². The lowest BCUT2D eigenvalue weighted by Crippen LogP contribution is -2.40. The molecule has 1 aromatic rings. The van der Waals surface area contributed by atoms with Gasteiger partial charge in [-0.2, -0.15) is 0 Å². The van der Waals surface area contributed by atoms with Crippen LogP contribution in [0, 0.1) is 0 Å². The standard InChI is InChI=1S/C12H18N2O4/c1-17-7-9-6-10(14-18-9)11(15)13-8-12(16)4-2-3-5-12/h6,16H,2-5,7-8H2,1H3,(H,13,15). The first kappa shape index (κ1) is 13.0. The molecule has 100 valence electrons. The second-order valence-electron chi connectivity index (χ2n) is 4.73. The molecule has 0 unspecified atom stereocenters. The van der Waals surface area contributed by atoms with Crippen LogP contribution in [-0.4, -0.2) is 35.4 Å². The molecule has 2 rings (SSSR count). The van der Waals surface area contributed by atoms with Gasteiger partial charge in [0.25, 0.3) is 5.91 Å². The number of carbonyl (C=O) groups is 1. The Kier molecular flexibility index (Phi) is 3.98. The van der Waals surface area contributed by atoms with Gasteiger partial charge in [-0.1, -0.05) is 18.0 Å². The SMILES string of the molecule is COCc1cc(C(=O)NCC2(O)CCCC2)no1. The highest BCUT2D eigenvalue weighted by Gasteiger charge is 2.31. The number of carbonyl (C=O) groups excluding carboxylic acids is 1. The summed E-state index contributed by atoms with van der Waals surface area (Å²) in [5, 5.41) is 16.4. The molecule has 6 nitrogen and oxygen atoms in total. The van der Waals surface area contributed by atoms with Crippen LogP contribution in [0.25, 0.3) is 0 Å². The zero-order valence-electron chi connectivity index (χ0n) is 10.4. The van der Waals surface area contributed by atoms with Crippen LogP contribution in [0.2, 0.25) is 0 Å². The predicted octanol–water partition coefficient (Wildman–Crippen LogP) is 0.856. The Morgan fingerprint density at radius 1 is 1.61 bits per heavy atom. The van der Waals surface area contributed by atoms with E-state index in [1.807, 2.05) is 0 Å². The highest BCUT2D eigenvalue weighted by atomic mass is 16.5. The fourth-order valence-electron chi connectivity index (χ4n) is 2.18. The number of hydrogen-bond acceptors (Lipinski definition) is 5. The molecule has 1 saturated carbocycles. The van der Waals surface area contributed by atoms with E-state index in [0.29, 0.717) is 5.76 Å². The van der Waals surface area contributed by atoms with Crippen molar-refractivity contribution in [2.45, 2.75) is 37.9 Å². The van der Waals surface area contributed by atoms with Crippen LogP contribution in [0.4, 0.5) is 0 Å². The molecule has 18 heavy (non-hydrogen) atoms. The van der Waals surface area contributed by atoms with Crippen LogP contribution < -0.4 is 5.32 Å². The third-order valence-electron chi connectivity index (χ3n) is 3.19. The smallest absolute Gasteiger partial charge is 0.273 e. The van der Waals surface area contributed by atoms with Gasteiger partial charge in [0.15, 0.2) is 11.5 Å². The summed E-state index contributed by atoms with van der Waals surface area (Å²) in [5.41, 5.74) is -0.543. The van der Waals surface area contributed by atoms with E-state index in [9.17, 15) is 9.90 Å². The van der Waals surface area contributed by atoms with Crippen molar-refractivity contribution in [2.24, 2.45) is 0 Å². The van der Waals surface area contributed by atoms with E-state index in [1.165, 1.54) is 13.2 Å². The van der Waals surface area contributed by atoms with Crippen molar-refractivity contribution in [1.82, 2.24) is 10.5 Å². The van der Waals surface area contributed by atoms with Crippen LogP contribution in [0.15, 0.2) is 10.6 Å². The van der Waals surface area contributed by atoms with Crippen molar-refractivity contribution < 1.29 is 19.2 Å². The average molecular weight is 254 g/mol. The topological polar surface area (TPSA) is 84.6 Å². The number of hydrogen-bond donors (Lipinski definition) is 2. The first-order valence-electron chi connectivity index (χ1n) is 6.08. The fraction of sp³-hybridized carbons (Fsp3) is 0.667. The van der Waals surface area contributed by atoms with Crippen molar-refractivity contribution >= 4 is 5.91 Å². The molecule has 0 saturated heterocycles. The minimum Gasteiger partial charge on any atom is -0.388 e. The maximum atomic E-state index is 11.8. The van der Waals surface area contributed by atoms with Crippen LogP contribution in [0.1, 0.15) is 41.9 Å². The van der Waals surface area contributed by atoms with E-state index in [0.717, 1.165) is 25.7 Å². The Labute approximate surface area is 105 Å². The second-order valence-corrected chi connectivity index (χ2v) is 4.73. The number of aliphatic hydroxyl groups is 1. The lowest BCUT2D eigenvalue weighted by molar-refractivity contribution is 0.0447. The van der Waals surface area contributed by atoms with E-state index in [2.05, 4.69) is 10.5 Å². The first-order chi connectivity index (χ1) is 8.63. The van der Waals surface area contributed by atoms with Gasteiger partial charge in [0, 0.05) is 19.7 Å². The summed E-state index contributed by atoms with van der Waals surface area (Å²) < 4.78 is 9.80. The Balaban J connectivity index is 1.87. The minimum absolute atomic E-state index is 0.212. The van der Waals surface area contributed by atoms with E-state index in [1.54, 1.807) is 0 Å². The van der Waals surface area contributed by atoms with Crippen LogP contribution in [0.5, 0.6) is 0 Å². The molecule has 0 spiro atoms. The molecule has 1 aliphatic carbocycles. The monoisotopic (exact) mass is 254 g/mol. The van der Waals surface area contributed by atoms with E-state index in [-0.39, 0.29) is 24.8 Å². The molecule has 1 aliphatic rings. The van der Waals surface area contributed by atoms with Gasteiger partial charge in [0.1, 0.15) is 6.61 Å². The summed E-state index contributed by atoms with van der Waals surface area (Å²) in [7, 11) is 1.54. The Bertz CT molecular complexity index is 410. The van der Waals surface area contributed by atoms with Crippen molar-refractivity contribution in [3.8, 4) is 0 Å². The third-order valence-corrected chi connectivity index (χ3v) is 3.19. The molecule has 1 fully saturated rings. The molecule has 0 atom stereocenters. The summed E-state index contributed by atoms with van der Waals surface area (Å²) in [6.07, 6.45) is 3.49. The molecule has 1 heterocycles. The average Bonchev–Trinajstić information content (AvgIpc) is 2.97. The minimum atomic E-state index is -0.755. The molecule has 0 bridgehead atoms. The van der Waals surface area contributed by atoms with Gasteiger partial charge in [-0.25, -0.2) is 0 Å². The molecule has 1 aromatic heterocycles.